The fourth-order valence-electron chi connectivity index (χ4n) is 2.09. The zero-order chi connectivity index (χ0) is 15.2. The van der Waals surface area contributed by atoms with Gasteiger partial charge in [0.2, 0.25) is 0 Å². The van der Waals surface area contributed by atoms with Crippen LogP contribution in [-0.2, 0) is 6.54 Å². The van der Waals surface area contributed by atoms with Gasteiger partial charge in [-0.3, -0.25) is 0 Å². The highest BCUT2D eigenvalue weighted by Crippen LogP contribution is 2.29. The van der Waals surface area contributed by atoms with Gasteiger partial charge in [-0.05, 0) is 71.3 Å². The average molecular weight is 395 g/mol. The summed E-state index contributed by atoms with van der Waals surface area (Å²) < 4.78 is 7.13. The van der Waals surface area contributed by atoms with E-state index in [1.54, 1.807) is 0 Å². The minimum absolute atomic E-state index is 0.675. The molecular formula is C18H22INO. The molecule has 2 aromatic carbocycles. The first-order chi connectivity index (χ1) is 10.1. The first kappa shape index (κ1) is 16.3. The van der Waals surface area contributed by atoms with Crippen molar-refractivity contribution in [1.29, 1.82) is 0 Å². The molecule has 2 nitrogen and oxygen atoms in total. The Balaban J connectivity index is 2.04. The summed E-state index contributed by atoms with van der Waals surface area (Å²) in [6.07, 6.45) is 0. The Hall–Kier alpha value is -1.07. The van der Waals surface area contributed by atoms with E-state index in [-0.39, 0.29) is 0 Å². The second kappa shape index (κ2) is 7.80. The number of hydrogen-bond donors (Lipinski definition) is 1. The maximum absolute atomic E-state index is 6.01. The van der Waals surface area contributed by atoms with Crippen molar-refractivity contribution >= 4 is 22.6 Å². The lowest BCUT2D eigenvalue weighted by Crippen LogP contribution is -2.18. The van der Waals surface area contributed by atoms with Gasteiger partial charge in [0.25, 0.3) is 0 Å². The van der Waals surface area contributed by atoms with Gasteiger partial charge in [0.05, 0.1) is 3.57 Å². The Morgan fingerprint density at radius 2 is 1.86 bits per heavy atom. The molecule has 0 aromatic heterocycles. The van der Waals surface area contributed by atoms with E-state index in [0.717, 1.165) is 28.2 Å². The SMILES string of the molecule is Cc1cc(CNCC(C)C)ccc1Oc1ccccc1I. The molecule has 0 aliphatic heterocycles. The molecule has 0 heterocycles. The first-order valence-electron chi connectivity index (χ1n) is 7.29. The number of ether oxygens (including phenoxy) is 1. The highest BCUT2D eigenvalue weighted by Gasteiger charge is 2.05. The van der Waals surface area contributed by atoms with Crippen molar-refractivity contribution in [3.63, 3.8) is 0 Å². The molecule has 0 fully saturated rings. The van der Waals surface area contributed by atoms with Crippen molar-refractivity contribution in [2.24, 2.45) is 5.92 Å². The predicted molar refractivity (Wildman–Crippen MR) is 97.0 cm³/mol. The van der Waals surface area contributed by atoms with Gasteiger partial charge in [-0.25, -0.2) is 0 Å². The lowest BCUT2D eigenvalue weighted by atomic mass is 10.1. The zero-order valence-corrected chi connectivity index (χ0v) is 15.0. The third-order valence-corrected chi connectivity index (χ3v) is 4.07. The van der Waals surface area contributed by atoms with Gasteiger partial charge in [-0.2, -0.15) is 0 Å². The molecule has 112 valence electrons. The summed E-state index contributed by atoms with van der Waals surface area (Å²) in [6, 6.07) is 14.4. The van der Waals surface area contributed by atoms with Crippen LogP contribution in [0.25, 0.3) is 0 Å². The fraction of sp³-hybridized carbons (Fsp3) is 0.333. The largest absolute Gasteiger partial charge is 0.456 e. The number of benzene rings is 2. The number of rotatable bonds is 6. The van der Waals surface area contributed by atoms with Gasteiger partial charge >= 0.3 is 0 Å². The van der Waals surface area contributed by atoms with Gasteiger partial charge in [0.15, 0.2) is 0 Å². The molecule has 3 heteroatoms. The zero-order valence-electron chi connectivity index (χ0n) is 12.8. The molecule has 0 spiro atoms. The lowest BCUT2D eigenvalue weighted by molar-refractivity contribution is 0.475. The maximum Gasteiger partial charge on any atom is 0.140 e. The van der Waals surface area contributed by atoms with Gasteiger partial charge in [-0.15, -0.1) is 0 Å². The number of aryl methyl sites for hydroxylation is 1. The standard InChI is InChI=1S/C18H22INO/c1-13(2)11-20-12-15-8-9-17(14(3)10-15)21-18-7-5-4-6-16(18)19/h4-10,13,20H,11-12H2,1-3H3. The summed E-state index contributed by atoms with van der Waals surface area (Å²) in [5.74, 6) is 2.51. The highest BCUT2D eigenvalue weighted by molar-refractivity contribution is 14.1. The predicted octanol–water partition coefficient (Wildman–Crippen LogP) is 5.14. The van der Waals surface area contributed by atoms with Crippen LogP contribution >= 0.6 is 22.6 Å². The van der Waals surface area contributed by atoms with Crippen LogP contribution in [-0.4, -0.2) is 6.54 Å². The van der Waals surface area contributed by atoms with Crippen LogP contribution in [0.2, 0.25) is 0 Å². The van der Waals surface area contributed by atoms with Crippen molar-refractivity contribution in [1.82, 2.24) is 5.32 Å². The Labute approximate surface area is 141 Å². The van der Waals surface area contributed by atoms with Crippen molar-refractivity contribution in [2.45, 2.75) is 27.3 Å². The monoisotopic (exact) mass is 395 g/mol. The highest BCUT2D eigenvalue weighted by atomic mass is 127. The molecule has 0 saturated heterocycles. The average Bonchev–Trinajstić information content (AvgIpc) is 2.43. The summed E-state index contributed by atoms with van der Waals surface area (Å²) in [5.41, 5.74) is 2.46. The Morgan fingerprint density at radius 1 is 1.10 bits per heavy atom. The molecule has 0 aliphatic rings. The quantitative estimate of drug-likeness (QED) is 0.685. The molecule has 0 atom stereocenters. The van der Waals surface area contributed by atoms with E-state index in [4.69, 9.17) is 4.74 Å². The molecule has 0 aliphatic carbocycles. The third-order valence-electron chi connectivity index (χ3n) is 3.18. The van der Waals surface area contributed by atoms with Crippen molar-refractivity contribution in [3.05, 3.63) is 57.2 Å². The van der Waals surface area contributed by atoms with Crippen LogP contribution < -0.4 is 10.1 Å². The number of halogens is 1. The lowest BCUT2D eigenvalue weighted by Gasteiger charge is -2.12. The van der Waals surface area contributed by atoms with Gasteiger partial charge in [0.1, 0.15) is 11.5 Å². The second-order valence-electron chi connectivity index (χ2n) is 5.66. The van der Waals surface area contributed by atoms with E-state index >= 15 is 0 Å². The molecule has 0 bridgehead atoms. The van der Waals surface area contributed by atoms with Gasteiger partial charge < -0.3 is 10.1 Å². The number of hydrogen-bond acceptors (Lipinski definition) is 2. The molecule has 21 heavy (non-hydrogen) atoms. The summed E-state index contributed by atoms with van der Waals surface area (Å²) in [6.45, 7) is 8.48. The first-order valence-corrected chi connectivity index (χ1v) is 8.36. The van der Waals surface area contributed by atoms with E-state index in [0.29, 0.717) is 5.92 Å². The van der Waals surface area contributed by atoms with Gasteiger partial charge in [0, 0.05) is 6.54 Å². The van der Waals surface area contributed by atoms with Crippen LogP contribution in [0, 0.1) is 16.4 Å². The fourth-order valence-corrected chi connectivity index (χ4v) is 2.58. The van der Waals surface area contributed by atoms with E-state index in [1.165, 1.54) is 11.1 Å². The number of nitrogens with one attached hydrogen (secondary N) is 1. The Morgan fingerprint density at radius 3 is 2.52 bits per heavy atom. The number of para-hydroxylation sites is 1. The van der Waals surface area contributed by atoms with Crippen LogP contribution in [0.1, 0.15) is 25.0 Å². The van der Waals surface area contributed by atoms with Crippen LogP contribution in [0.4, 0.5) is 0 Å². The molecule has 0 saturated carbocycles. The topological polar surface area (TPSA) is 21.3 Å². The molecule has 1 N–H and O–H groups in total. The molecular weight excluding hydrogens is 373 g/mol. The summed E-state index contributed by atoms with van der Waals surface area (Å²) in [4.78, 5) is 0. The van der Waals surface area contributed by atoms with Crippen molar-refractivity contribution in [3.8, 4) is 11.5 Å². The normalized spacial score (nSPS) is 10.9. The van der Waals surface area contributed by atoms with E-state index in [2.05, 4.69) is 72.9 Å². The van der Waals surface area contributed by atoms with Crippen LogP contribution in [0.3, 0.4) is 0 Å². The molecule has 0 radical (unpaired) electrons. The molecule has 2 aromatic rings. The molecule has 0 amide bonds. The molecule has 0 unspecified atom stereocenters. The van der Waals surface area contributed by atoms with E-state index < -0.39 is 0 Å². The Kier molecular flexibility index (Phi) is 6.06. The van der Waals surface area contributed by atoms with Gasteiger partial charge in [-0.1, -0.05) is 38.1 Å². The maximum atomic E-state index is 6.01. The smallest absolute Gasteiger partial charge is 0.140 e. The summed E-state index contributed by atoms with van der Waals surface area (Å²) in [5, 5.41) is 3.46. The van der Waals surface area contributed by atoms with Crippen LogP contribution in [0.15, 0.2) is 42.5 Å². The molecule has 2 rings (SSSR count). The summed E-state index contributed by atoms with van der Waals surface area (Å²) in [7, 11) is 0. The van der Waals surface area contributed by atoms with Crippen LogP contribution in [0.5, 0.6) is 11.5 Å². The second-order valence-corrected chi connectivity index (χ2v) is 6.82. The van der Waals surface area contributed by atoms with Crippen molar-refractivity contribution < 1.29 is 4.74 Å². The van der Waals surface area contributed by atoms with E-state index in [1.807, 2.05) is 18.2 Å². The minimum atomic E-state index is 0.675. The van der Waals surface area contributed by atoms with E-state index in [9.17, 15) is 0 Å². The third kappa shape index (κ3) is 5.00. The Bertz CT molecular complexity index is 596. The summed E-state index contributed by atoms with van der Waals surface area (Å²) >= 11 is 2.29. The van der Waals surface area contributed by atoms with Crippen molar-refractivity contribution in [2.75, 3.05) is 6.54 Å². The minimum Gasteiger partial charge on any atom is -0.456 e.